The molecule has 4 aromatic rings. The highest BCUT2D eigenvalue weighted by atomic mass is 16.5. The van der Waals surface area contributed by atoms with Crippen molar-refractivity contribution < 1.29 is 28.7 Å². The SMILES string of the molecule is COC(=O)NC(C(=O)N1CCCC1c1ncc(C#CC#Cc2ccc3cc(-c4cnc(C5CCCN5C(=O)C(NC(=O)OC)C(C)C)[nH]4)ccc3c2)[nH]1)C(C)C. The number of H-pyrrole nitrogens is 2. The molecule has 2 aromatic heterocycles. The first kappa shape index (κ1) is 39.4. The molecule has 2 aromatic carbocycles. The van der Waals surface area contributed by atoms with Crippen LogP contribution in [0, 0.1) is 35.5 Å². The Kier molecular flexibility index (Phi) is 12.3. The summed E-state index contributed by atoms with van der Waals surface area (Å²) < 4.78 is 9.47. The van der Waals surface area contributed by atoms with Gasteiger partial charge in [-0.15, -0.1) is 0 Å². The zero-order valence-electron chi connectivity index (χ0n) is 32.6. The number of carbonyl (C=O) groups excluding carboxylic acids is 4. The summed E-state index contributed by atoms with van der Waals surface area (Å²) in [4.78, 5) is 70.2. The van der Waals surface area contributed by atoms with Crippen LogP contribution in [-0.4, -0.2) is 93.1 Å². The minimum atomic E-state index is -0.703. The Morgan fingerprint density at radius 1 is 0.732 bits per heavy atom. The van der Waals surface area contributed by atoms with E-state index in [0.717, 1.165) is 53.3 Å². The molecule has 14 nitrogen and oxygen atoms in total. The van der Waals surface area contributed by atoms with Gasteiger partial charge in [-0.1, -0.05) is 51.8 Å². The Balaban J connectivity index is 1.10. The van der Waals surface area contributed by atoms with Crippen molar-refractivity contribution >= 4 is 34.8 Å². The number of hydrogen-bond donors (Lipinski definition) is 4. The third kappa shape index (κ3) is 8.81. The normalized spacial score (nSPS) is 17.5. The highest BCUT2D eigenvalue weighted by Gasteiger charge is 2.39. The fourth-order valence-electron chi connectivity index (χ4n) is 7.30. The van der Waals surface area contributed by atoms with Crippen LogP contribution in [0.15, 0.2) is 48.8 Å². The van der Waals surface area contributed by atoms with Crippen LogP contribution in [0.3, 0.4) is 0 Å². The molecule has 0 bridgehead atoms. The number of nitrogens with one attached hydrogen (secondary N) is 4. The van der Waals surface area contributed by atoms with Gasteiger partial charge in [0.05, 0.1) is 44.4 Å². The largest absolute Gasteiger partial charge is 0.453 e. The van der Waals surface area contributed by atoms with Gasteiger partial charge >= 0.3 is 12.2 Å². The van der Waals surface area contributed by atoms with E-state index in [1.807, 2.05) is 58.0 Å². The van der Waals surface area contributed by atoms with Gasteiger partial charge < -0.3 is 39.9 Å². The molecule has 4 N–H and O–H groups in total. The van der Waals surface area contributed by atoms with Crippen molar-refractivity contribution in [1.29, 1.82) is 0 Å². The molecule has 2 saturated heterocycles. The first-order valence-electron chi connectivity index (χ1n) is 18.9. The minimum Gasteiger partial charge on any atom is -0.453 e. The Morgan fingerprint density at radius 2 is 1.27 bits per heavy atom. The van der Waals surface area contributed by atoms with E-state index in [4.69, 9.17) is 9.47 Å². The van der Waals surface area contributed by atoms with Crippen molar-refractivity contribution in [2.75, 3.05) is 27.3 Å². The first-order chi connectivity index (χ1) is 27.0. The average molecular weight is 761 g/mol. The maximum Gasteiger partial charge on any atom is 0.407 e. The number of likely N-dealkylation sites (tertiary alicyclic amines) is 2. The summed E-state index contributed by atoms with van der Waals surface area (Å²) in [5.74, 6) is 12.8. The fourth-order valence-corrected chi connectivity index (χ4v) is 7.30. The van der Waals surface area contributed by atoms with Crippen LogP contribution in [0.25, 0.3) is 22.0 Å². The Morgan fingerprint density at radius 3 is 1.86 bits per heavy atom. The van der Waals surface area contributed by atoms with Gasteiger partial charge in [0.1, 0.15) is 29.4 Å². The summed E-state index contributed by atoms with van der Waals surface area (Å²) in [6.07, 6.45) is 5.36. The van der Waals surface area contributed by atoms with Gasteiger partial charge in [-0.3, -0.25) is 9.59 Å². The molecule has 0 aliphatic carbocycles. The molecule has 0 saturated carbocycles. The summed E-state index contributed by atoms with van der Waals surface area (Å²) >= 11 is 0. The van der Waals surface area contributed by atoms with Gasteiger partial charge in [-0.05, 0) is 84.3 Å². The van der Waals surface area contributed by atoms with Gasteiger partial charge in [0.25, 0.3) is 0 Å². The van der Waals surface area contributed by atoms with Crippen LogP contribution in [0.2, 0.25) is 0 Å². The van der Waals surface area contributed by atoms with Gasteiger partial charge in [-0.2, -0.15) is 0 Å². The number of fused-ring (bicyclic) bond motifs is 1. The maximum absolute atomic E-state index is 13.5. The summed E-state index contributed by atoms with van der Waals surface area (Å²) in [7, 11) is 2.56. The van der Waals surface area contributed by atoms with Crippen molar-refractivity contribution in [1.82, 2.24) is 40.4 Å². The highest BCUT2D eigenvalue weighted by Crippen LogP contribution is 2.34. The quantitative estimate of drug-likeness (QED) is 0.163. The topological polar surface area (TPSA) is 175 Å². The third-order valence-corrected chi connectivity index (χ3v) is 10.3. The standard InChI is InChI=1S/C42H48N8O6/c1-25(2)35(47-41(53)55-5)39(51)49-19-9-13-33(49)37-43-23-31(45-37)12-8-7-11-27-15-16-29-22-30(18-17-28(29)21-27)32-24-44-38(46-32)34-14-10-20-50(34)40(52)36(26(3)4)48-42(54)56-6/h15-18,21-26,33-36H,9-10,13-14,19-20H2,1-6H3,(H,43,45)(H,44,46)(H,47,53)(H,48,54). The van der Waals surface area contributed by atoms with E-state index < -0.39 is 24.3 Å². The van der Waals surface area contributed by atoms with E-state index in [2.05, 4.69) is 60.3 Å². The van der Waals surface area contributed by atoms with E-state index in [-0.39, 0.29) is 35.7 Å². The number of hydrogen-bond acceptors (Lipinski definition) is 8. The van der Waals surface area contributed by atoms with Crippen LogP contribution in [0.5, 0.6) is 0 Å². The minimum absolute atomic E-state index is 0.110. The van der Waals surface area contributed by atoms with E-state index in [1.165, 1.54) is 14.2 Å². The molecule has 14 heteroatoms. The number of aromatic amines is 2. The van der Waals surface area contributed by atoms with Crippen LogP contribution >= 0.6 is 0 Å². The molecule has 4 atom stereocenters. The van der Waals surface area contributed by atoms with E-state index in [0.29, 0.717) is 30.4 Å². The summed E-state index contributed by atoms with van der Waals surface area (Å²) in [6.45, 7) is 8.71. The average Bonchev–Trinajstić information content (AvgIpc) is 4.03. The number of amides is 4. The van der Waals surface area contributed by atoms with Crippen molar-refractivity contribution in [3.63, 3.8) is 0 Å². The second-order valence-electron chi connectivity index (χ2n) is 14.7. The number of imidazole rings is 2. The van der Waals surface area contributed by atoms with Crippen molar-refractivity contribution in [2.45, 2.75) is 77.5 Å². The van der Waals surface area contributed by atoms with Crippen molar-refractivity contribution in [2.24, 2.45) is 11.8 Å². The number of methoxy groups -OCH3 is 2. The van der Waals surface area contributed by atoms with Gasteiger partial charge in [0.2, 0.25) is 11.8 Å². The van der Waals surface area contributed by atoms with E-state index in [1.54, 1.807) is 22.2 Å². The van der Waals surface area contributed by atoms with E-state index >= 15 is 0 Å². The lowest BCUT2D eigenvalue weighted by atomic mass is 10.0. The Bertz CT molecular complexity index is 2220. The molecule has 292 valence electrons. The Hall–Kier alpha value is -6.28. The van der Waals surface area contributed by atoms with Crippen LogP contribution < -0.4 is 10.6 Å². The molecule has 2 fully saturated rings. The lowest BCUT2D eigenvalue weighted by Crippen LogP contribution is -2.51. The monoisotopic (exact) mass is 760 g/mol. The van der Waals surface area contributed by atoms with Crippen LogP contribution in [0.1, 0.15) is 88.4 Å². The predicted octanol–water partition coefficient (Wildman–Crippen LogP) is 5.44. The summed E-state index contributed by atoms with van der Waals surface area (Å²) in [6, 6.07) is 10.3. The number of rotatable bonds is 9. The molecule has 4 heterocycles. The smallest absolute Gasteiger partial charge is 0.407 e. The van der Waals surface area contributed by atoms with Crippen LogP contribution in [-0.2, 0) is 19.1 Å². The summed E-state index contributed by atoms with van der Waals surface area (Å²) in [5.41, 5.74) is 3.22. The zero-order chi connectivity index (χ0) is 39.9. The molecule has 56 heavy (non-hydrogen) atoms. The highest BCUT2D eigenvalue weighted by molar-refractivity contribution is 5.89. The number of carbonyl (C=O) groups is 4. The molecule has 0 radical (unpaired) electrons. The lowest BCUT2D eigenvalue weighted by molar-refractivity contribution is -0.136. The fraction of sp³-hybridized carbons (Fsp3) is 0.429. The molecule has 4 amide bonds. The van der Waals surface area contributed by atoms with E-state index in [9.17, 15) is 19.2 Å². The summed E-state index contributed by atoms with van der Waals surface area (Å²) in [5, 5.41) is 7.41. The second kappa shape index (κ2) is 17.5. The molecule has 0 spiro atoms. The number of aromatic nitrogens is 4. The van der Waals surface area contributed by atoms with Gasteiger partial charge in [-0.25, -0.2) is 19.6 Å². The second-order valence-corrected chi connectivity index (χ2v) is 14.7. The first-order valence-corrected chi connectivity index (χ1v) is 18.9. The predicted molar refractivity (Wildman–Crippen MR) is 210 cm³/mol. The molecular weight excluding hydrogens is 713 g/mol. The molecule has 4 unspecified atom stereocenters. The number of ether oxygens (including phenoxy) is 2. The van der Waals surface area contributed by atoms with Crippen LogP contribution in [0.4, 0.5) is 9.59 Å². The number of benzene rings is 2. The number of alkyl carbamates (subject to hydrolysis) is 2. The molecule has 2 aliphatic heterocycles. The van der Waals surface area contributed by atoms with Gasteiger partial charge in [0, 0.05) is 24.2 Å². The Labute approximate surface area is 326 Å². The third-order valence-electron chi connectivity index (χ3n) is 10.3. The van der Waals surface area contributed by atoms with Crippen molar-refractivity contribution in [3.8, 4) is 34.9 Å². The lowest BCUT2D eigenvalue weighted by Gasteiger charge is -2.30. The number of nitrogens with zero attached hydrogens (tertiary/aromatic N) is 4. The van der Waals surface area contributed by atoms with Gasteiger partial charge in [0.15, 0.2) is 0 Å². The maximum atomic E-state index is 13.5. The van der Waals surface area contributed by atoms with Crippen molar-refractivity contribution in [3.05, 3.63) is 71.7 Å². The zero-order valence-corrected chi connectivity index (χ0v) is 32.6. The molecule has 6 rings (SSSR count). The molecular formula is C42H48N8O6. The molecule has 2 aliphatic rings.